The van der Waals surface area contributed by atoms with Crippen LogP contribution in [0.3, 0.4) is 0 Å². The average Bonchev–Trinajstić information content (AvgIpc) is 3.12. The molecule has 0 spiro atoms. The average molecular weight is 450 g/mol. The number of rotatable bonds is 8. The van der Waals surface area contributed by atoms with E-state index in [1.54, 1.807) is 59.8 Å². The van der Waals surface area contributed by atoms with Crippen LogP contribution < -0.4 is 4.74 Å². The van der Waals surface area contributed by atoms with Crippen molar-refractivity contribution in [1.29, 1.82) is 0 Å². The monoisotopic (exact) mass is 449 g/mol. The van der Waals surface area contributed by atoms with E-state index in [0.717, 1.165) is 18.7 Å². The number of pyridine rings is 1. The number of carbonyl (C=O) groups is 2. The minimum atomic E-state index is -0.691. The molecule has 2 aliphatic rings. The number of carbonyl (C=O) groups excluding carboxylic acids is 2. The molecule has 2 aliphatic heterocycles. The first kappa shape index (κ1) is 22.7. The summed E-state index contributed by atoms with van der Waals surface area (Å²) in [6.07, 6.45) is 4.87. The maximum absolute atomic E-state index is 13.1. The van der Waals surface area contributed by atoms with E-state index in [9.17, 15) is 14.7 Å². The van der Waals surface area contributed by atoms with E-state index >= 15 is 0 Å². The Morgan fingerprint density at radius 1 is 1.12 bits per heavy atom. The summed E-state index contributed by atoms with van der Waals surface area (Å²) in [5, 5.41) is 11.1. The molecule has 0 radical (unpaired) electrons. The normalized spacial score (nSPS) is 20.7. The molecule has 1 aromatic carbocycles. The van der Waals surface area contributed by atoms with E-state index in [2.05, 4.69) is 16.5 Å². The number of hydrogen-bond donors (Lipinski definition) is 1. The summed E-state index contributed by atoms with van der Waals surface area (Å²) in [5.41, 5.74) is 1.23. The second kappa shape index (κ2) is 10.4. The number of aliphatic hydroxyl groups is 1. The van der Waals surface area contributed by atoms with E-state index < -0.39 is 17.7 Å². The number of hydrogen-bond acceptors (Lipinski definition) is 7. The number of Topliss-reactive ketones (excluding diaryl/α,β-unsaturated/α-hetero) is 1. The second-order valence-electron chi connectivity index (χ2n) is 7.85. The minimum Gasteiger partial charge on any atom is -0.507 e. The summed E-state index contributed by atoms with van der Waals surface area (Å²) in [4.78, 5) is 33.9. The minimum absolute atomic E-state index is 0.0768. The van der Waals surface area contributed by atoms with Gasteiger partial charge in [0.2, 0.25) is 0 Å². The van der Waals surface area contributed by atoms with Gasteiger partial charge in [0.05, 0.1) is 24.8 Å². The van der Waals surface area contributed by atoms with Crippen LogP contribution in [0.4, 0.5) is 0 Å². The van der Waals surface area contributed by atoms with Crippen LogP contribution in [-0.4, -0.2) is 77.6 Å². The molecule has 1 amide bonds. The van der Waals surface area contributed by atoms with Crippen molar-refractivity contribution in [3.63, 3.8) is 0 Å². The van der Waals surface area contributed by atoms with Gasteiger partial charge in [0.15, 0.2) is 0 Å². The Balaban J connectivity index is 1.66. The summed E-state index contributed by atoms with van der Waals surface area (Å²) in [5.74, 6) is -0.900. The Bertz CT molecular complexity index is 1030. The molecule has 3 heterocycles. The molecule has 0 bridgehead atoms. The van der Waals surface area contributed by atoms with Gasteiger partial charge in [-0.1, -0.05) is 12.7 Å². The van der Waals surface area contributed by atoms with Crippen molar-refractivity contribution in [1.82, 2.24) is 14.8 Å². The highest BCUT2D eigenvalue weighted by atomic mass is 16.5. The van der Waals surface area contributed by atoms with E-state index in [0.29, 0.717) is 44.2 Å². The first-order valence-corrected chi connectivity index (χ1v) is 10.9. The molecule has 1 N–H and O–H groups in total. The lowest BCUT2D eigenvalue weighted by Gasteiger charge is -2.30. The van der Waals surface area contributed by atoms with Crippen LogP contribution in [0, 0.1) is 0 Å². The van der Waals surface area contributed by atoms with Crippen molar-refractivity contribution in [2.45, 2.75) is 6.04 Å². The zero-order valence-electron chi connectivity index (χ0n) is 18.4. The molecule has 2 saturated heterocycles. The number of ketones is 1. The van der Waals surface area contributed by atoms with Crippen molar-refractivity contribution in [3.8, 4) is 5.75 Å². The van der Waals surface area contributed by atoms with Gasteiger partial charge < -0.3 is 19.5 Å². The van der Waals surface area contributed by atoms with Gasteiger partial charge in [0.25, 0.3) is 11.7 Å². The predicted molar refractivity (Wildman–Crippen MR) is 123 cm³/mol. The van der Waals surface area contributed by atoms with Crippen LogP contribution in [-0.2, 0) is 14.3 Å². The fourth-order valence-corrected chi connectivity index (χ4v) is 4.10. The molecule has 8 nitrogen and oxygen atoms in total. The largest absolute Gasteiger partial charge is 0.507 e. The van der Waals surface area contributed by atoms with Crippen LogP contribution in [0.2, 0.25) is 0 Å². The van der Waals surface area contributed by atoms with Gasteiger partial charge in [-0.15, -0.1) is 0 Å². The van der Waals surface area contributed by atoms with Crippen LogP contribution in [0.25, 0.3) is 5.76 Å². The molecular weight excluding hydrogens is 422 g/mol. The molecule has 33 heavy (non-hydrogen) atoms. The SMILES string of the molecule is C=CCOc1ccc(/C(O)=C2/C(=O)C(=O)N(CCN3CCOCC3)C2c2ccncc2)cc1. The summed E-state index contributed by atoms with van der Waals surface area (Å²) in [6, 6.07) is 9.57. The molecular formula is C25H27N3O5. The Labute approximate surface area is 192 Å². The van der Waals surface area contributed by atoms with Gasteiger partial charge >= 0.3 is 0 Å². The van der Waals surface area contributed by atoms with E-state index in [4.69, 9.17) is 9.47 Å². The number of ether oxygens (including phenoxy) is 2. The van der Waals surface area contributed by atoms with Gasteiger partial charge in [-0.2, -0.15) is 0 Å². The number of aliphatic hydroxyl groups excluding tert-OH is 1. The molecule has 0 saturated carbocycles. The van der Waals surface area contributed by atoms with Gasteiger partial charge in [-0.3, -0.25) is 19.5 Å². The Kier molecular flexibility index (Phi) is 7.16. The first-order valence-electron chi connectivity index (χ1n) is 10.9. The predicted octanol–water partition coefficient (Wildman–Crippen LogP) is 2.40. The molecule has 0 aliphatic carbocycles. The van der Waals surface area contributed by atoms with Gasteiger partial charge in [-0.05, 0) is 42.0 Å². The van der Waals surface area contributed by atoms with Crippen LogP contribution in [0.15, 0.2) is 67.0 Å². The highest BCUT2D eigenvalue weighted by Gasteiger charge is 2.46. The Morgan fingerprint density at radius 3 is 2.48 bits per heavy atom. The lowest BCUT2D eigenvalue weighted by Crippen LogP contribution is -2.42. The molecule has 4 rings (SSSR count). The smallest absolute Gasteiger partial charge is 0.295 e. The fourth-order valence-electron chi connectivity index (χ4n) is 4.10. The molecule has 1 unspecified atom stereocenters. The maximum Gasteiger partial charge on any atom is 0.295 e. The number of amides is 1. The van der Waals surface area contributed by atoms with Gasteiger partial charge in [0.1, 0.15) is 18.1 Å². The van der Waals surface area contributed by atoms with E-state index in [1.807, 2.05) is 0 Å². The van der Waals surface area contributed by atoms with E-state index in [1.165, 1.54) is 0 Å². The van der Waals surface area contributed by atoms with Crippen molar-refractivity contribution in [3.05, 3.63) is 78.1 Å². The first-order chi connectivity index (χ1) is 16.1. The van der Waals surface area contributed by atoms with Crippen LogP contribution in [0.5, 0.6) is 5.75 Å². The third kappa shape index (κ3) is 4.97. The molecule has 1 atom stereocenters. The Hall–Kier alpha value is -3.49. The summed E-state index contributed by atoms with van der Waals surface area (Å²) < 4.78 is 10.9. The quantitative estimate of drug-likeness (QED) is 0.286. The molecule has 2 fully saturated rings. The highest BCUT2D eigenvalue weighted by Crippen LogP contribution is 2.39. The standard InChI is InChI=1S/C25H27N3O5/c1-2-15-33-20-5-3-19(4-6-20)23(29)21-22(18-7-9-26-10-8-18)28(25(31)24(21)30)12-11-27-13-16-32-17-14-27/h2-10,22,29H,1,11-17H2/b23-21-. The second-order valence-corrected chi connectivity index (χ2v) is 7.85. The molecule has 1 aromatic heterocycles. The zero-order chi connectivity index (χ0) is 23.2. The summed E-state index contributed by atoms with van der Waals surface area (Å²) in [6.45, 7) is 7.83. The number of aromatic nitrogens is 1. The molecule has 8 heteroatoms. The van der Waals surface area contributed by atoms with Crippen LogP contribution in [0.1, 0.15) is 17.2 Å². The van der Waals surface area contributed by atoms with Gasteiger partial charge in [-0.25, -0.2) is 0 Å². The number of likely N-dealkylation sites (tertiary alicyclic amines) is 1. The van der Waals surface area contributed by atoms with Crippen molar-refractivity contribution >= 4 is 17.4 Å². The lowest BCUT2D eigenvalue weighted by atomic mass is 9.96. The molecule has 172 valence electrons. The summed E-state index contributed by atoms with van der Waals surface area (Å²) in [7, 11) is 0. The third-order valence-electron chi connectivity index (χ3n) is 5.82. The lowest BCUT2D eigenvalue weighted by molar-refractivity contribution is -0.140. The molecule has 2 aromatic rings. The number of morpholine rings is 1. The third-order valence-corrected chi connectivity index (χ3v) is 5.82. The maximum atomic E-state index is 13.1. The van der Waals surface area contributed by atoms with E-state index in [-0.39, 0.29) is 11.3 Å². The van der Waals surface area contributed by atoms with Gasteiger partial charge in [0, 0.05) is 44.1 Å². The fraction of sp³-hybridized carbons (Fsp3) is 0.320. The topological polar surface area (TPSA) is 92.2 Å². The highest BCUT2D eigenvalue weighted by molar-refractivity contribution is 6.46. The van der Waals surface area contributed by atoms with Crippen molar-refractivity contribution in [2.24, 2.45) is 0 Å². The summed E-state index contributed by atoms with van der Waals surface area (Å²) >= 11 is 0. The van der Waals surface area contributed by atoms with Crippen molar-refractivity contribution < 1.29 is 24.2 Å². The Morgan fingerprint density at radius 2 is 1.82 bits per heavy atom. The number of nitrogens with zero attached hydrogens (tertiary/aromatic N) is 3. The van der Waals surface area contributed by atoms with Crippen molar-refractivity contribution in [2.75, 3.05) is 46.0 Å². The number of benzene rings is 1. The van der Waals surface area contributed by atoms with Crippen LogP contribution >= 0.6 is 0 Å². The zero-order valence-corrected chi connectivity index (χ0v) is 18.4.